The van der Waals surface area contributed by atoms with Crippen molar-refractivity contribution in [2.24, 2.45) is 0 Å². The molecule has 2 aliphatic rings. The Hall–Kier alpha value is -3.24. The molecule has 1 saturated heterocycles. The molecule has 1 aliphatic heterocycles. The van der Waals surface area contributed by atoms with Crippen LogP contribution in [-0.4, -0.2) is 38.4 Å². The van der Waals surface area contributed by atoms with E-state index in [1.54, 1.807) is 30.9 Å². The van der Waals surface area contributed by atoms with Crippen LogP contribution in [0, 0.1) is 5.82 Å². The second-order valence-corrected chi connectivity index (χ2v) is 10.0. The maximum absolute atomic E-state index is 13.8. The minimum Gasteiger partial charge on any atom is -0.472 e. The van der Waals surface area contributed by atoms with Crippen LogP contribution in [0.3, 0.4) is 0 Å². The van der Waals surface area contributed by atoms with Gasteiger partial charge in [-0.1, -0.05) is 17.8 Å². The zero-order chi connectivity index (χ0) is 24.2. The molecule has 1 saturated carbocycles. The maximum atomic E-state index is 13.8. The topological polar surface area (TPSA) is 109 Å². The van der Waals surface area contributed by atoms with E-state index in [-0.39, 0.29) is 23.0 Å². The van der Waals surface area contributed by atoms with Crippen LogP contribution < -0.4 is 16.0 Å². The van der Waals surface area contributed by atoms with Crippen LogP contribution in [0.15, 0.2) is 53.5 Å². The third-order valence-electron chi connectivity index (χ3n) is 6.42. The van der Waals surface area contributed by atoms with Gasteiger partial charge in [-0.25, -0.2) is 14.4 Å². The number of amides is 2. The molecule has 0 bridgehead atoms. The second kappa shape index (κ2) is 10.6. The van der Waals surface area contributed by atoms with E-state index in [9.17, 15) is 14.0 Å². The molecule has 1 aliphatic carbocycles. The Balaban J connectivity index is 1.12. The van der Waals surface area contributed by atoms with Gasteiger partial charge in [-0.15, -0.1) is 0 Å². The van der Waals surface area contributed by atoms with Gasteiger partial charge in [0, 0.05) is 42.5 Å². The maximum Gasteiger partial charge on any atom is 0.286 e. The van der Waals surface area contributed by atoms with E-state index in [1.807, 2.05) is 12.1 Å². The highest BCUT2D eigenvalue weighted by Crippen LogP contribution is 2.27. The number of hydrogen-bond acceptors (Lipinski definition) is 8. The highest BCUT2D eigenvalue weighted by Gasteiger charge is 2.32. The van der Waals surface area contributed by atoms with Gasteiger partial charge in [-0.05, 0) is 61.1 Å². The molecule has 182 valence electrons. The molecule has 0 spiro atoms. The van der Waals surface area contributed by atoms with Gasteiger partial charge in [0.2, 0.25) is 11.9 Å². The molecule has 3 N–H and O–H groups in total. The first-order valence-electron chi connectivity index (χ1n) is 11.7. The van der Waals surface area contributed by atoms with E-state index in [0.29, 0.717) is 25.0 Å². The van der Waals surface area contributed by atoms with Crippen molar-refractivity contribution in [2.75, 3.05) is 5.32 Å². The van der Waals surface area contributed by atoms with E-state index >= 15 is 0 Å². The highest BCUT2D eigenvalue weighted by molar-refractivity contribution is 8.15. The van der Waals surface area contributed by atoms with Crippen molar-refractivity contribution in [3.05, 3.63) is 66.1 Å². The van der Waals surface area contributed by atoms with Gasteiger partial charge >= 0.3 is 0 Å². The van der Waals surface area contributed by atoms with Crippen molar-refractivity contribution in [1.29, 1.82) is 0 Å². The summed E-state index contributed by atoms with van der Waals surface area (Å²) in [6.07, 6.45) is 9.24. The van der Waals surface area contributed by atoms with Gasteiger partial charge in [-0.3, -0.25) is 14.9 Å². The summed E-state index contributed by atoms with van der Waals surface area (Å²) < 4.78 is 19.0. The summed E-state index contributed by atoms with van der Waals surface area (Å²) in [4.78, 5) is 32.1. The molecule has 3 aromatic rings. The summed E-state index contributed by atoms with van der Waals surface area (Å²) in [5.74, 6) is 0.0164. The van der Waals surface area contributed by atoms with Gasteiger partial charge in [0.15, 0.2) is 0 Å². The number of halogens is 1. The Morgan fingerprint density at radius 2 is 1.94 bits per heavy atom. The van der Waals surface area contributed by atoms with Crippen LogP contribution in [0.2, 0.25) is 0 Å². The third kappa shape index (κ3) is 5.88. The van der Waals surface area contributed by atoms with Crippen LogP contribution in [-0.2, 0) is 17.8 Å². The molecule has 2 aromatic heterocycles. The second-order valence-electron chi connectivity index (χ2n) is 8.85. The monoisotopic (exact) mass is 495 g/mol. The SMILES string of the molecule is O=C1NC(=O)C(Cc2ccnc(N[C@H]3CC[C@H](NCc4ccc(F)cc4-c4ccoc4)CC3)n2)S1. The fourth-order valence-electron chi connectivity index (χ4n) is 4.56. The number of nitrogens with zero attached hydrogens (tertiary/aromatic N) is 2. The minimum atomic E-state index is -0.443. The number of furan rings is 1. The standard InChI is InChI=1S/C25H26FN5O3S/c26-17-2-1-15(21(11-17)16-8-10-34-14-16)13-28-18-3-5-19(6-4-18)29-24-27-9-7-20(30-24)12-22-23(32)31-25(33)35-22/h1-2,7-11,14,18-19,22,28H,3-6,12-13H2,(H,27,29,30)(H,31,32,33)/t18-,19-,22?. The Bertz CT molecular complexity index is 1200. The lowest BCUT2D eigenvalue weighted by atomic mass is 9.91. The first-order valence-corrected chi connectivity index (χ1v) is 12.6. The Morgan fingerprint density at radius 1 is 1.11 bits per heavy atom. The fourth-order valence-corrected chi connectivity index (χ4v) is 5.40. The van der Waals surface area contributed by atoms with Gasteiger partial charge < -0.3 is 15.1 Å². The Kier molecular flexibility index (Phi) is 7.10. The van der Waals surface area contributed by atoms with Crippen molar-refractivity contribution in [3.8, 4) is 11.1 Å². The van der Waals surface area contributed by atoms with Gasteiger partial charge in [-0.2, -0.15) is 0 Å². The summed E-state index contributed by atoms with van der Waals surface area (Å²) >= 11 is 1.00. The molecule has 2 fully saturated rings. The van der Waals surface area contributed by atoms with Gasteiger partial charge in [0.1, 0.15) is 5.82 Å². The number of thioether (sulfide) groups is 1. The number of imide groups is 1. The molecule has 1 aromatic carbocycles. The fraction of sp³-hybridized carbons (Fsp3) is 0.360. The lowest BCUT2D eigenvalue weighted by Crippen LogP contribution is -2.37. The molecule has 10 heteroatoms. The predicted molar refractivity (Wildman–Crippen MR) is 131 cm³/mol. The van der Waals surface area contributed by atoms with E-state index in [2.05, 4.69) is 25.9 Å². The smallest absolute Gasteiger partial charge is 0.286 e. The number of carbonyl (C=O) groups excluding carboxylic acids is 2. The molecule has 1 unspecified atom stereocenters. The Labute approximate surface area is 206 Å². The van der Waals surface area contributed by atoms with Crippen LogP contribution in [0.5, 0.6) is 0 Å². The molecule has 3 heterocycles. The Morgan fingerprint density at radius 3 is 2.69 bits per heavy atom. The first-order chi connectivity index (χ1) is 17.0. The van der Waals surface area contributed by atoms with Crippen LogP contribution >= 0.6 is 11.8 Å². The lowest BCUT2D eigenvalue weighted by molar-refractivity contribution is -0.118. The molecule has 2 amide bonds. The van der Waals surface area contributed by atoms with Crippen molar-refractivity contribution in [1.82, 2.24) is 20.6 Å². The number of carbonyl (C=O) groups is 2. The normalized spacial score (nSPS) is 22.3. The number of hydrogen-bond donors (Lipinski definition) is 3. The van der Waals surface area contributed by atoms with Crippen molar-refractivity contribution >= 4 is 28.9 Å². The largest absolute Gasteiger partial charge is 0.472 e. The quantitative estimate of drug-likeness (QED) is 0.425. The zero-order valence-corrected chi connectivity index (χ0v) is 19.8. The highest BCUT2D eigenvalue weighted by atomic mass is 32.2. The number of benzene rings is 1. The van der Waals surface area contributed by atoms with Gasteiger partial charge in [0.25, 0.3) is 5.24 Å². The molecule has 5 rings (SSSR count). The number of nitrogens with one attached hydrogen (secondary N) is 3. The molecule has 0 radical (unpaired) electrons. The van der Waals surface area contributed by atoms with E-state index in [0.717, 1.165) is 59.8 Å². The summed E-state index contributed by atoms with van der Waals surface area (Å²) in [6, 6.07) is 9.12. The minimum absolute atomic E-state index is 0.262. The third-order valence-corrected chi connectivity index (χ3v) is 7.40. The van der Waals surface area contributed by atoms with Crippen molar-refractivity contribution in [2.45, 2.75) is 56.0 Å². The van der Waals surface area contributed by atoms with Crippen LogP contribution in [0.25, 0.3) is 11.1 Å². The summed E-state index contributed by atoms with van der Waals surface area (Å²) in [5.41, 5.74) is 3.48. The number of aromatic nitrogens is 2. The summed E-state index contributed by atoms with van der Waals surface area (Å²) in [5, 5.41) is 8.59. The molecule has 1 atom stereocenters. The number of rotatable bonds is 8. The van der Waals surface area contributed by atoms with E-state index < -0.39 is 5.25 Å². The molecular formula is C25H26FN5O3S. The first kappa shape index (κ1) is 23.5. The average Bonchev–Trinajstić information content (AvgIpc) is 3.49. The van der Waals surface area contributed by atoms with Crippen LogP contribution in [0.1, 0.15) is 36.9 Å². The van der Waals surface area contributed by atoms with Crippen LogP contribution in [0.4, 0.5) is 15.1 Å². The molecule has 35 heavy (non-hydrogen) atoms. The average molecular weight is 496 g/mol. The summed E-state index contributed by atoms with van der Waals surface area (Å²) in [6.45, 7) is 0.657. The van der Waals surface area contributed by atoms with Crippen molar-refractivity contribution < 1.29 is 18.4 Å². The summed E-state index contributed by atoms with van der Waals surface area (Å²) in [7, 11) is 0. The van der Waals surface area contributed by atoms with Gasteiger partial charge in [0.05, 0.1) is 17.8 Å². The van der Waals surface area contributed by atoms with E-state index in [4.69, 9.17) is 4.42 Å². The molecular weight excluding hydrogens is 469 g/mol. The van der Waals surface area contributed by atoms with E-state index in [1.165, 1.54) is 6.07 Å². The predicted octanol–water partition coefficient (Wildman–Crippen LogP) is 4.28. The lowest BCUT2D eigenvalue weighted by Gasteiger charge is -2.30. The molecule has 8 nitrogen and oxygen atoms in total. The number of anilines is 1. The zero-order valence-electron chi connectivity index (χ0n) is 19.0. The van der Waals surface area contributed by atoms with Crippen molar-refractivity contribution in [3.63, 3.8) is 0 Å².